The number of hydrogen-bond acceptors (Lipinski definition) is 3. The van der Waals surface area contributed by atoms with Crippen molar-refractivity contribution in [1.82, 2.24) is 0 Å². The third-order valence-corrected chi connectivity index (χ3v) is 1.88. The molecule has 0 unspecified atom stereocenters. The molecule has 0 saturated heterocycles. The predicted molar refractivity (Wildman–Crippen MR) is 52.2 cm³/mol. The molecular formula is C10H14FNO2. The van der Waals surface area contributed by atoms with Crippen molar-refractivity contribution in [3.63, 3.8) is 0 Å². The number of ether oxygens (including phenoxy) is 1. The summed E-state index contributed by atoms with van der Waals surface area (Å²) in [5, 5.41) is 9.36. The van der Waals surface area contributed by atoms with Gasteiger partial charge in [-0.05, 0) is 24.6 Å². The molecule has 1 aromatic rings. The zero-order valence-corrected chi connectivity index (χ0v) is 8.03. The molecule has 1 aromatic carbocycles. The van der Waals surface area contributed by atoms with Crippen molar-refractivity contribution < 1.29 is 14.2 Å². The average Bonchev–Trinajstić information content (AvgIpc) is 2.20. The van der Waals surface area contributed by atoms with E-state index in [0.717, 1.165) is 0 Å². The summed E-state index contributed by atoms with van der Waals surface area (Å²) in [6, 6.07) is 3.94. The van der Waals surface area contributed by atoms with Crippen LogP contribution in [0.1, 0.15) is 18.5 Å². The number of benzene rings is 1. The molecule has 0 saturated carbocycles. The maximum atomic E-state index is 12.3. The first kappa shape index (κ1) is 10.8. The van der Waals surface area contributed by atoms with Gasteiger partial charge in [0.2, 0.25) is 0 Å². The van der Waals surface area contributed by atoms with Crippen molar-refractivity contribution in [2.75, 3.05) is 13.3 Å². The minimum Gasteiger partial charge on any atom is -0.504 e. The quantitative estimate of drug-likeness (QED) is 0.776. The molecule has 0 heterocycles. The summed E-state index contributed by atoms with van der Waals surface area (Å²) in [4.78, 5) is 0. The lowest BCUT2D eigenvalue weighted by atomic mass is 10.1. The number of alkyl halides is 1. The molecule has 4 heteroatoms. The Morgan fingerprint density at radius 1 is 1.57 bits per heavy atom. The molecular weight excluding hydrogens is 185 g/mol. The zero-order valence-electron chi connectivity index (χ0n) is 8.03. The SMILES string of the molecule is CCOc1cc([C@@H](N)CF)ccc1O. The number of aromatic hydroxyl groups is 1. The second kappa shape index (κ2) is 4.81. The Labute approximate surface area is 82.3 Å². The van der Waals surface area contributed by atoms with E-state index < -0.39 is 12.7 Å². The largest absolute Gasteiger partial charge is 0.504 e. The lowest BCUT2D eigenvalue weighted by Gasteiger charge is -2.11. The molecule has 0 fully saturated rings. The van der Waals surface area contributed by atoms with Crippen LogP contribution in [0, 0.1) is 0 Å². The van der Waals surface area contributed by atoms with Crippen molar-refractivity contribution in [2.24, 2.45) is 5.73 Å². The van der Waals surface area contributed by atoms with Crippen LogP contribution < -0.4 is 10.5 Å². The van der Waals surface area contributed by atoms with Crippen molar-refractivity contribution in [3.8, 4) is 11.5 Å². The summed E-state index contributed by atoms with van der Waals surface area (Å²) in [7, 11) is 0. The summed E-state index contributed by atoms with van der Waals surface area (Å²) in [6.45, 7) is 1.62. The smallest absolute Gasteiger partial charge is 0.161 e. The third kappa shape index (κ3) is 2.35. The van der Waals surface area contributed by atoms with Gasteiger partial charge in [0.1, 0.15) is 6.67 Å². The van der Waals surface area contributed by atoms with E-state index in [9.17, 15) is 9.50 Å². The molecule has 3 nitrogen and oxygen atoms in total. The van der Waals surface area contributed by atoms with Crippen LogP contribution in [0.15, 0.2) is 18.2 Å². The fraction of sp³-hybridized carbons (Fsp3) is 0.400. The number of phenols is 1. The van der Waals surface area contributed by atoms with Crippen LogP contribution in [0.4, 0.5) is 4.39 Å². The lowest BCUT2D eigenvalue weighted by molar-refractivity contribution is 0.317. The van der Waals surface area contributed by atoms with Gasteiger partial charge in [0, 0.05) is 0 Å². The van der Waals surface area contributed by atoms with E-state index in [4.69, 9.17) is 10.5 Å². The minimum atomic E-state index is -0.658. The van der Waals surface area contributed by atoms with Crippen LogP contribution in [-0.2, 0) is 0 Å². The first-order valence-electron chi connectivity index (χ1n) is 4.46. The summed E-state index contributed by atoms with van der Waals surface area (Å²) in [6.07, 6.45) is 0. The third-order valence-electron chi connectivity index (χ3n) is 1.88. The van der Waals surface area contributed by atoms with E-state index in [2.05, 4.69) is 0 Å². The van der Waals surface area contributed by atoms with E-state index in [-0.39, 0.29) is 5.75 Å². The van der Waals surface area contributed by atoms with E-state index in [0.29, 0.717) is 17.9 Å². The Kier molecular flexibility index (Phi) is 3.71. The van der Waals surface area contributed by atoms with Crippen molar-refractivity contribution in [3.05, 3.63) is 23.8 Å². The maximum Gasteiger partial charge on any atom is 0.161 e. The molecule has 0 aliphatic carbocycles. The number of nitrogens with two attached hydrogens (primary N) is 1. The highest BCUT2D eigenvalue weighted by Gasteiger charge is 2.09. The predicted octanol–water partition coefficient (Wildman–Crippen LogP) is 1.76. The summed E-state index contributed by atoms with van der Waals surface area (Å²) >= 11 is 0. The van der Waals surface area contributed by atoms with Crippen LogP contribution in [-0.4, -0.2) is 18.4 Å². The normalized spacial score (nSPS) is 12.5. The van der Waals surface area contributed by atoms with Gasteiger partial charge >= 0.3 is 0 Å². The minimum absolute atomic E-state index is 0.0432. The molecule has 0 spiro atoms. The number of phenolic OH excluding ortho intramolecular Hbond substituents is 1. The Morgan fingerprint density at radius 3 is 2.86 bits per heavy atom. The molecule has 78 valence electrons. The van der Waals surface area contributed by atoms with Crippen molar-refractivity contribution in [2.45, 2.75) is 13.0 Å². The van der Waals surface area contributed by atoms with E-state index in [1.165, 1.54) is 6.07 Å². The molecule has 0 aromatic heterocycles. The second-order valence-electron chi connectivity index (χ2n) is 2.92. The van der Waals surface area contributed by atoms with Gasteiger partial charge in [-0.25, -0.2) is 4.39 Å². The summed E-state index contributed by atoms with van der Waals surface area (Å²) in [5.74, 6) is 0.385. The number of halogens is 1. The standard InChI is InChI=1S/C10H14FNO2/c1-2-14-10-5-7(8(12)6-11)3-4-9(10)13/h3-5,8,13H,2,6,12H2,1H3/t8-/m0/s1. The fourth-order valence-electron chi connectivity index (χ4n) is 1.12. The maximum absolute atomic E-state index is 12.3. The number of rotatable bonds is 4. The monoisotopic (exact) mass is 199 g/mol. The van der Waals surface area contributed by atoms with E-state index in [1.54, 1.807) is 19.1 Å². The summed E-state index contributed by atoms with van der Waals surface area (Å²) < 4.78 is 17.4. The van der Waals surface area contributed by atoms with Gasteiger partial charge in [-0.2, -0.15) is 0 Å². The van der Waals surface area contributed by atoms with Crippen LogP contribution in [0.2, 0.25) is 0 Å². The molecule has 0 aliphatic heterocycles. The van der Waals surface area contributed by atoms with Crippen LogP contribution in [0.3, 0.4) is 0 Å². The highest BCUT2D eigenvalue weighted by Crippen LogP contribution is 2.28. The lowest BCUT2D eigenvalue weighted by Crippen LogP contribution is -2.12. The average molecular weight is 199 g/mol. The van der Waals surface area contributed by atoms with Crippen LogP contribution in [0.5, 0.6) is 11.5 Å². The molecule has 0 aliphatic rings. The first-order valence-corrected chi connectivity index (χ1v) is 4.46. The van der Waals surface area contributed by atoms with Gasteiger partial charge in [0.15, 0.2) is 11.5 Å². The van der Waals surface area contributed by atoms with Gasteiger partial charge in [0.05, 0.1) is 12.6 Å². The Bertz CT molecular complexity index is 304. The van der Waals surface area contributed by atoms with E-state index in [1.807, 2.05) is 0 Å². The molecule has 0 amide bonds. The molecule has 1 atom stereocenters. The molecule has 0 bridgehead atoms. The first-order chi connectivity index (χ1) is 6.69. The summed E-state index contributed by atoms with van der Waals surface area (Å²) in [5.41, 5.74) is 6.12. The van der Waals surface area contributed by atoms with Crippen molar-refractivity contribution in [1.29, 1.82) is 0 Å². The zero-order chi connectivity index (χ0) is 10.6. The van der Waals surface area contributed by atoms with E-state index >= 15 is 0 Å². The molecule has 1 rings (SSSR count). The molecule has 0 radical (unpaired) electrons. The van der Waals surface area contributed by atoms with Gasteiger partial charge in [-0.15, -0.1) is 0 Å². The van der Waals surface area contributed by atoms with Gasteiger partial charge < -0.3 is 15.6 Å². The Morgan fingerprint density at radius 2 is 2.29 bits per heavy atom. The molecule has 3 N–H and O–H groups in total. The fourth-order valence-corrected chi connectivity index (χ4v) is 1.12. The highest BCUT2D eigenvalue weighted by molar-refractivity contribution is 5.42. The Hall–Kier alpha value is -1.29. The van der Waals surface area contributed by atoms with Gasteiger partial charge in [0.25, 0.3) is 0 Å². The number of hydrogen-bond donors (Lipinski definition) is 2. The Balaban J connectivity index is 2.93. The van der Waals surface area contributed by atoms with Gasteiger partial charge in [-0.1, -0.05) is 6.07 Å². The highest BCUT2D eigenvalue weighted by atomic mass is 19.1. The van der Waals surface area contributed by atoms with Crippen LogP contribution in [0.25, 0.3) is 0 Å². The second-order valence-corrected chi connectivity index (χ2v) is 2.92. The van der Waals surface area contributed by atoms with Crippen LogP contribution >= 0.6 is 0 Å². The van der Waals surface area contributed by atoms with Crippen molar-refractivity contribution >= 4 is 0 Å². The topological polar surface area (TPSA) is 55.5 Å². The molecule has 14 heavy (non-hydrogen) atoms. The van der Waals surface area contributed by atoms with Gasteiger partial charge in [-0.3, -0.25) is 0 Å².